The number of hydrogen-bond donors (Lipinski definition) is 1. The number of hydrogen-bond acceptors (Lipinski definition) is 2. The van der Waals surface area contributed by atoms with E-state index >= 15 is 0 Å². The van der Waals surface area contributed by atoms with Gasteiger partial charge in [0.2, 0.25) is 5.92 Å². The van der Waals surface area contributed by atoms with E-state index in [4.69, 9.17) is 5.73 Å². The van der Waals surface area contributed by atoms with E-state index in [-0.39, 0.29) is 31.2 Å². The molecular formula is C11H15F4N3. The average Bonchev–Trinajstić information content (AvgIpc) is 2.66. The molecule has 7 heteroatoms. The monoisotopic (exact) mass is 265 g/mol. The smallest absolute Gasteiger partial charge is 0.282 e. The van der Waals surface area contributed by atoms with Gasteiger partial charge in [0.15, 0.2) is 0 Å². The molecule has 1 saturated carbocycles. The van der Waals surface area contributed by atoms with Crippen molar-refractivity contribution in [3.8, 4) is 0 Å². The first-order valence-corrected chi connectivity index (χ1v) is 5.72. The summed E-state index contributed by atoms with van der Waals surface area (Å²) < 4.78 is 53.1. The Balaban J connectivity index is 2.31. The van der Waals surface area contributed by atoms with Crippen molar-refractivity contribution >= 4 is 0 Å². The van der Waals surface area contributed by atoms with Crippen molar-refractivity contribution in [2.24, 2.45) is 12.8 Å². The van der Waals surface area contributed by atoms with Gasteiger partial charge in [-0.15, -0.1) is 0 Å². The number of halogens is 4. The van der Waals surface area contributed by atoms with Crippen LogP contribution in [0.25, 0.3) is 0 Å². The molecule has 1 aliphatic rings. The predicted molar refractivity (Wildman–Crippen MR) is 57.4 cm³/mol. The minimum absolute atomic E-state index is 0.00852. The summed E-state index contributed by atoms with van der Waals surface area (Å²) in [5, 5.41) is 3.67. The molecule has 0 radical (unpaired) electrons. The number of nitrogens with zero attached hydrogens (tertiary/aromatic N) is 2. The molecule has 0 aliphatic heterocycles. The van der Waals surface area contributed by atoms with Crippen LogP contribution in [0, 0.1) is 0 Å². The molecule has 1 heterocycles. The van der Waals surface area contributed by atoms with Crippen LogP contribution >= 0.6 is 0 Å². The molecule has 1 aromatic rings. The molecular weight excluding hydrogens is 250 g/mol. The van der Waals surface area contributed by atoms with Crippen LogP contribution < -0.4 is 5.73 Å². The topological polar surface area (TPSA) is 43.8 Å². The lowest BCUT2D eigenvalue weighted by atomic mass is 9.76. The minimum Gasteiger partial charge on any atom is -0.321 e. The van der Waals surface area contributed by atoms with Crippen LogP contribution in [0.5, 0.6) is 0 Å². The van der Waals surface area contributed by atoms with E-state index in [0.717, 1.165) is 0 Å². The van der Waals surface area contributed by atoms with Crippen molar-refractivity contribution < 1.29 is 17.6 Å². The fraction of sp³-hybridized carbons (Fsp3) is 0.727. The number of alkyl halides is 4. The molecule has 0 aromatic carbocycles. The highest BCUT2D eigenvalue weighted by Crippen LogP contribution is 2.44. The standard InChI is InChI=1S/C11H15F4N3/c1-18-6-7(8(17-18)9(12)13)10(16)2-4-11(14,15)5-3-10/h6,9H,2-5,16H2,1H3. The van der Waals surface area contributed by atoms with Gasteiger partial charge in [0.05, 0.1) is 0 Å². The van der Waals surface area contributed by atoms with Crippen molar-refractivity contribution in [2.75, 3.05) is 0 Å². The summed E-state index contributed by atoms with van der Waals surface area (Å²) in [7, 11) is 1.51. The summed E-state index contributed by atoms with van der Waals surface area (Å²) in [6, 6.07) is 0. The number of aromatic nitrogens is 2. The fourth-order valence-electron chi connectivity index (χ4n) is 2.38. The largest absolute Gasteiger partial charge is 0.321 e. The molecule has 1 aliphatic carbocycles. The van der Waals surface area contributed by atoms with Gasteiger partial charge >= 0.3 is 0 Å². The molecule has 0 spiro atoms. The molecule has 0 bridgehead atoms. The first-order chi connectivity index (χ1) is 8.23. The van der Waals surface area contributed by atoms with E-state index in [9.17, 15) is 17.6 Å². The molecule has 18 heavy (non-hydrogen) atoms. The third-order valence-electron chi connectivity index (χ3n) is 3.47. The van der Waals surface area contributed by atoms with E-state index in [2.05, 4.69) is 5.10 Å². The van der Waals surface area contributed by atoms with Crippen LogP contribution in [-0.2, 0) is 12.6 Å². The number of aryl methyl sites for hydroxylation is 1. The third kappa shape index (κ3) is 2.36. The second kappa shape index (κ2) is 4.22. The van der Waals surface area contributed by atoms with Gasteiger partial charge in [0.25, 0.3) is 6.43 Å². The van der Waals surface area contributed by atoms with Crippen molar-refractivity contribution in [1.82, 2.24) is 9.78 Å². The van der Waals surface area contributed by atoms with Crippen molar-refractivity contribution in [3.63, 3.8) is 0 Å². The maximum Gasteiger partial charge on any atom is 0.282 e. The van der Waals surface area contributed by atoms with Gasteiger partial charge in [-0.1, -0.05) is 0 Å². The van der Waals surface area contributed by atoms with Crippen LogP contribution in [0.4, 0.5) is 17.6 Å². The van der Waals surface area contributed by atoms with E-state index < -0.39 is 23.6 Å². The van der Waals surface area contributed by atoms with Gasteiger partial charge in [0, 0.05) is 37.2 Å². The first kappa shape index (κ1) is 13.3. The van der Waals surface area contributed by atoms with E-state index in [0.29, 0.717) is 0 Å². The van der Waals surface area contributed by atoms with E-state index in [1.165, 1.54) is 17.9 Å². The Hall–Kier alpha value is -1.11. The third-order valence-corrected chi connectivity index (χ3v) is 3.47. The molecule has 1 aromatic heterocycles. The molecule has 1 fully saturated rings. The molecule has 0 unspecified atom stereocenters. The Bertz CT molecular complexity index is 431. The van der Waals surface area contributed by atoms with Gasteiger partial charge < -0.3 is 5.73 Å². The molecule has 2 N–H and O–H groups in total. The number of rotatable bonds is 2. The van der Waals surface area contributed by atoms with Crippen molar-refractivity contribution in [1.29, 1.82) is 0 Å². The summed E-state index contributed by atoms with van der Waals surface area (Å²) in [5.41, 5.74) is 4.70. The lowest BCUT2D eigenvalue weighted by Crippen LogP contribution is -2.44. The van der Waals surface area contributed by atoms with Crippen LogP contribution in [0.1, 0.15) is 43.4 Å². The Morgan fingerprint density at radius 3 is 2.33 bits per heavy atom. The van der Waals surface area contributed by atoms with Gasteiger partial charge in [-0.2, -0.15) is 5.10 Å². The molecule has 3 nitrogen and oxygen atoms in total. The molecule has 0 atom stereocenters. The quantitative estimate of drug-likeness (QED) is 0.835. The van der Waals surface area contributed by atoms with Gasteiger partial charge in [-0.05, 0) is 12.8 Å². The van der Waals surface area contributed by atoms with E-state index in [1.807, 2.05) is 0 Å². The maximum atomic E-state index is 13.1. The second-order valence-corrected chi connectivity index (χ2v) is 4.91. The normalized spacial score (nSPS) is 22.4. The Kier molecular flexibility index (Phi) is 3.12. The lowest BCUT2D eigenvalue weighted by molar-refractivity contribution is -0.0517. The summed E-state index contributed by atoms with van der Waals surface area (Å²) in [6.45, 7) is 0. The Morgan fingerprint density at radius 1 is 1.28 bits per heavy atom. The minimum atomic E-state index is -2.75. The van der Waals surface area contributed by atoms with Gasteiger partial charge in [0.1, 0.15) is 5.69 Å². The summed E-state index contributed by atoms with van der Waals surface area (Å²) >= 11 is 0. The zero-order valence-electron chi connectivity index (χ0n) is 9.97. The Morgan fingerprint density at radius 2 is 1.83 bits per heavy atom. The SMILES string of the molecule is Cn1cc(C2(N)CCC(F)(F)CC2)c(C(F)F)n1. The molecule has 0 saturated heterocycles. The van der Waals surface area contributed by atoms with Crippen LogP contribution in [0.2, 0.25) is 0 Å². The van der Waals surface area contributed by atoms with Crippen molar-refractivity contribution in [2.45, 2.75) is 43.6 Å². The zero-order valence-corrected chi connectivity index (χ0v) is 9.97. The first-order valence-electron chi connectivity index (χ1n) is 5.72. The zero-order chi connectivity index (χ0) is 13.6. The van der Waals surface area contributed by atoms with Crippen LogP contribution in [0.3, 0.4) is 0 Å². The van der Waals surface area contributed by atoms with Crippen LogP contribution in [-0.4, -0.2) is 15.7 Å². The molecule has 0 amide bonds. The van der Waals surface area contributed by atoms with Gasteiger partial charge in [-0.25, -0.2) is 17.6 Å². The average molecular weight is 265 g/mol. The highest BCUT2D eigenvalue weighted by atomic mass is 19.3. The molecule has 102 valence electrons. The molecule has 2 rings (SSSR count). The van der Waals surface area contributed by atoms with E-state index in [1.54, 1.807) is 0 Å². The van der Waals surface area contributed by atoms with Gasteiger partial charge in [-0.3, -0.25) is 4.68 Å². The predicted octanol–water partition coefficient (Wildman–Crippen LogP) is 2.72. The summed E-state index contributed by atoms with van der Waals surface area (Å²) in [4.78, 5) is 0. The summed E-state index contributed by atoms with van der Waals surface area (Å²) in [5.74, 6) is -2.74. The Labute approximate surface area is 102 Å². The van der Waals surface area contributed by atoms with Crippen LogP contribution in [0.15, 0.2) is 6.20 Å². The highest BCUT2D eigenvalue weighted by molar-refractivity contribution is 5.28. The fourth-order valence-corrected chi connectivity index (χ4v) is 2.38. The number of nitrogens with two attached hydrogens (primary N) is 1. The van der Waals surface area contributed by atoms with Crippen molar-refractivity contribution in [3.05, 3.63) is 17.5 Å². The second-order valence-electron chi connectivity index (χ2n) is 4.91. The summed E-state index contributed by atoms with van der Waals surface area (Å²) in [6.07, 6.45) is -2.10. The highest BCUT2D eigenvalue weighted by Gasteiger charge is 2.44. The lowest BCUT2D eigenvalue weighted by Gasteiger charge is -2.37. The maximum absolute atomic E-state index is 13.1.